The van der Waals surface area contributed by atoms with E-state index in [-0.39, 0.29) is 16.0 Å². The van der Waals surface area contributed by atoms with Crippen molar-refractivity contribution in [2.24, 2.45) is 0 Å². The molecule has 0 spiro atoms. The normalized spacial score (nSPS) is 10.5. The topological polar surface area (TPSA) is 102 Å². The Kier molecular flexibility index (Phi) is 2.87. The molecule has 0 atom stereocenters. The van der Waals surface area contributed by atoms with Gasteiger partial charge in [-0.1, -0.05) is 0 Å². The van der Waals surface area contributed by atoms with E-state index in [0.717, 1.165) is 11.3 Å². The molecule has 0 aliphatic heterocycles. The van der Waals surface area contributed by atoms with E-state index in [9.17, 15) is 8.42 Å². The quantitative estimate of drug-likeness (QED) is 0.757. The molecule has 0 radical (unpaired) electrons. The summed E-state index contributed by atoms with van der Waals surface area (Å²) in [6, 6.07) is 3.52. The summed E-state index contributed by atoms with van der Waals surface area (Å²) in [6.07, 6.45) is 0. The largest absolute Gasteiger partial charge is 0.285 e. The first-order chi connectivity index (χ1) is 6.48. The first-order valence-electron chi connectivity index (χ1n) is 3.33. The Morgan fingerprint density at radius 1 is 1.43 bits per heavy atom. The third kappa shape index (κ3) is 2.30. The lowest BCUT2D eigenvalue weighted by Crippen LogP contribution is -2.03. The predicted octanol–water partition coefficient (Wildman–Crippen LogP) is 0.879. The molecule has 1 aromatic heterocycles. The van der Waals surface area contributed by atoms with Gasteiger partial charge in [0, 0.05) is 10.9 Å². The zero-order chi connectivity index (χ0) is 10.8. The molecule has 0 bridgehead atoms. The molecule has 0 unspecified atom stereocenters. The molecule has 14 heavy (non-hydrogen) atoms. The summed E-state index contributed by atoms with van der Waals surface area (Å²) in [4.78, 5) is 0.138. The van der Waals surface area contributed by atoms with Crippen molar-refractivity contribution in [3.63, 3.8) is 0 Å². The minimum absolute atomic E-state index is 0.0718. The summed E-state index contributed by atoms with van der Waals surface area (Å²) in [5.74, 6) is -0.692. The van der Waals surface area contributed by atoms with Gasteiger partial charge in [-0.2, -0.15) is 18.9 Å². The van der Waals surface area contributed by atoms with Crippen molar-refractivity contribution in [2.75, 3.05) is 0 Å². The first-order valence-corrected chi connectivity index (χ1v) is 5.82. The SMILES string of the molecule is N#Cc1csc(C#N)c1CS(=O)(=O)O. The van der Waals surface area contributed by atoms with Gasteiger partial charge in [-0.3, -0.25) is 4.55 Å². The van der Waals surface area contributed by atoms with Crippen molar-refractivity contribution < 1.29 is 13.0 Å². The maximum Gasteiger partial charge on any atom is 0.269 e. The summed E-state index contributed by atoms with van der Waals surface area (Å²) in [6.45, 7) is 0. The predicted molar refractivity (Wildman–Crippen MR) is 49.0 cm³/mol. The third-order valence-electron chi connectivity index (χ3n) is 1.44. The zero-order valence-corrected chi connectivity index (χ0v) is 8.39. The van der Waals surface area contributed by atoms with Gasteiger partial charge in [0.2, 0.25) is 0 Å². The van der Waals surface area contributed by atoms with Gasteiger partial charge in [0.1, 0.15) is 22.8 Å². The minimum atomic E-state index is -4.21. The Morgan fingerprint density at radius 3 is 2.50 bits per heavy atom. The van der Waals surface area contributed by atoms with Crippen LogP contribution in [0.1, 0.15) is 16.0 Å². The molecule has 7 heteroatoms. The minimum Gasteiger partial charge on any atom is -0.285 e. The Bertz CT molecular complexity index is 499. The highest BCUT2D eigenvalue weighted by molar-refractivity contribution is 7.85. The van der Waals surface area contributed by atoms with Gasteiger partial charge in [0.15, 0.2) is 0 Å². The van der Waals surface area contributed by atoms with E-state index in [1.165, 1.54) is 5.38 Å². The molecule has 1 heterocycles. The summed E-state index contributed by atoms with van der Waals surface area (Å²) >= 11 is 0.982. The Morgan fingerprint density at radius 2 is 2.07 bits per heavy atom. The van der Waals surface area contributed by atoms with Crippen molar-refractivity contribution in [3.8, 4) is 12.1 Å². The van der Waals surface area contributed by atoms with Gasteiger partial charge in [-0.25, -0.2) is 0 Å². The lowest BCUT2D eigenvalue weighted by molar-refractivity contribution is 0.482. The summed E-state index contributed by atoms with van der Waals surface area (Å²) < 4.78 is 29.7. The molecule has 0 fully saturated rings. The maximum atomic E-state index is 10.6. The second-order valence-electron chi connectivity index (χ2n) is 2.41. The van der Waals surface area contributed by atoms with Crippen LogP contribution in [0.5, 0.6) is 0 Å². The van der Waals surface area contributed by atoms with Crippen LogP contribution in [0.3, 0.4) is 0 Å². The fraction of sp³-hybridized carbons (Fsp3) is 0.143. The van der Waals surface area contributed by atoms with Crippen LogP contribution in [-0.4, -0.2) is 13.0 Å². The van der Waals surface area contributed by atoms with E-state index < -0.39 is 15.9 Å². The number of nitriles is 2. The second kappa shape index (κ2) is 3.76. The highest BCUT2D eigenvalue weighted by atomic mass is 32.2. The maximum absolute atomic E-state index is 10.6. The molecule has 0 aliphatic rings. The van der Waals surface area contributed by atoms with Crippen LogP contribution in [0, 0.1) is 22.7 Å². The summed E-state index contributed by atoms with van der Waals surface area (Å²) in [5.41, 5.74) is 0.187. The molecular weight excluding hydrogens is 224 g/mol. The third-order valence-corrected chi connectivity index (χ3v) is 3.02. The van der Waals surface area contributed by atoms with Gasteiger partial charge in [-0.05, 0) is 0 Å². The molecule has 1 N–H and O–H groups in total. The molecular formula is C7H4N2O3S2. The van der Waals surface area contributed by atoms with Gasteiger partial charge in [0.05, 0.1) is 5.56 Å². The van der Waals surface area contributed by atoms with Crippen LogP contribution in [0.25, 0.3) is 0 Å². The monoisotopic (exact) mass is 228 g/mol. The van der Waals surface area contributed by atoms with E-state index >= 15 is 0 Å². The van der Waals surface area contributed by atoms with E-state index in [0.29, 0.717) is 0 Å². The van der Waals surface area contributed by atoms with Gasteiger partial charge >= 0.3 is 0 Å². The number of hydrogen-bond acceptors (Lipinski definition) is 5. The first kappa shape index (κ1) is 10.7. The molecule has 0 saturated heterocycles. The van der Waals surface area contributed by atoms with Crippen molar-refractivity contribution in [3.05, 3.63) is 21.4 Å². The number of nitrogens with zero attached hydrogens (tertiary/aromatic N) is 2. The van der Waals surface area contributed by atoms with E-state index in [1.807, 2.05) is 0 Å². The Balaban J connectivity index is 3.26. The average molecular weight is 228 g/mol. The van der Waals surface area contributed by atoms with E-state index in [1.54, 1.807) is 12.1 Å². The van der Waals surface area contributed by atoms with Crippen molar-refractivity contribution in [1.29, 1.82) is 10.5 Å². The van der Waals surface area contributed by atoms with Crippen LogP contribution >= 0.6 is 11.3 Å². The molecule has 0 aliphatic carbocycles. The smallest absolute Gasteiger partial charge is 0.269 e. The number of rotatable bonds is 2. The fourth-order valence-corrected chi connectivity index (χ4v) is 2.46. The molecule has 1 aromatic rings. The van der Waals surface area contributed by atoms with E-state index in [2.05, 4.69) is 0 Å². The zero-order valence-electron chi connectivity index (χ0n) is 6.76. The molecule has 0 saturated carbocycles. The highest BCUT2D eigenvalue weighted by Gasteiger charge is 2.17. The Labute approximate surface area is 84.6 Å². The summed E-state index contributed by atoms with van der Waals surface area (Å²) in [5, 5.41) is 18.6. The van der Waals surface area contributed by atoms with Crippen LogP contribution in [0.15, 0.2) is 5.38 Å². The Hall–Kier alpha value is -1.41. The lowest BCUT2D eigenvalue weighted by atomic mass is 10.2. The van der Waals surface area contributed by atoms with Crippen molar-refractivity contribution in [1.82, 2.24) is 0 Å². The molecule has 0 aromatic carbocycles. The average Bonchev–Trinajstić information content (AvgIpc) is 2.44. The van der Waals surface area contributed by atoms with E-state index in [4.69, 9.17) is 15.1 Å². The lowest BCUT2D eigenvalue weighted by Gasteiger charge is -1.95. The number of hydrogen-bond donors (Lipinski definition) is 1. The molecule has 5 nitrogen and oxygen atoms in total. The second-order valence-corrected chi connectivity index (χ2v) is 4.74. The van der Waals surface area contributed by atoms with Crippen LogP contribution in [-0.2, 0) is 15.9 Å². The molecule has 72 valence electrons. The number of thiophene rings is 1. The van der Waals surface area contributed by atoms with Crippen LogP contribution < -0.4 is 0 Å². The van der Waals surface area contributed by atoms with Crippen LogP contribution in [0.4, 0.5) is 0 Å². The fourth-order valence-electron chi connectivity index (χ4n) is 0.896. The standard InChI is InChI=1S/C7H4N2O3S2/c8-1-5-3-13-7(2-9)6(5)4-14(10,11)12/h3H,4H2,(H,10,11,12). The van der Waals surface area contributed by atoms with Crippen molar-refractivity contribution in [2.45, 2.75) is 5.75 Å². The van der Waals surface area contributed by atoms with Gasteiger partial charge < -0.3 is 0 Å². The molecule has 1 rings (SSSR count). The van der Waals surface area contributed by atoms with Crippen molar-refractivity contribution >= 4 is 21.5 Å². The molecule has 0 amide bonds. The van der Waals surface area contributed by atoms with Crippen LogP contribution in [0.2, 0.25) is 0 Å². The van der Waals surface area contributed by atoms with Gasteiger partial charge in [-0.15, -0.1) is 11.3 Å². The highest BCUT2D eigenvalue weighted by Crippen LogP contribution is 2.22. The summed E-state index contributed by atoms with van der Waals surface area (Å²) in [7, 11) is -4.21. The van der Waals surface area contributed by atoms with Gasteiger partial charge in [0.25, 0.3) is 10.1 Å².